The number of carbonyl (C=O) groups excluding carboxylic acids is 1. The summed E-state index contributed by atoms with van der Waals surface area (Å²) in [6.45, 7) is -3.00. The van der Waals surface area contributed by atoms with Crippen LogP contribution in [0.15, 0.2) is 47.1 Å². The molecule has 0 saturated heterocycles. The summed E-state index contributed by atoms with van der Waals surface area (Å²) in [5.41, 5.74) is 0.214. The highest BCUT2D eigenvalue weighted by molar-refractivity contribution is 9.10. The molecule has 0 saturated carbocycles. The Labute approximate surface area is 116 Å². The molecule has 6 heteroatoms. The van der Waals surface area contributed by atoms with Crippen LogP contribution in [-0.4, -0.2) is 17.4 Å². The van der Waals surface area contributed by atoms with Crippen LogP contribution in [0.4, 0.5) is 8.78 Å². The van der Waals surface area contributed by atoms with Crippen molar-refractivity contribution in [3.63, 3.8) is 0 Å². The van der Waals surface area contributed by atoms with E-state index in [1.54, 1.807) is 18.2 Å². The monoisotopic (exact) mass is 327 g/mol. The smallest absolute Gasteiger partial charge is 0.387 e. The van der Waals surface area contributed by atoms with Crippen LogP contribution in [0.2, 0.25) is 0 Å². The van der Waals surface area contributed by atoms with Gasteiger partial charge in [0.2, 0.25) is 5.78 Å². The van der Waals surface area contributed by atoms with Gasteiger partial charge < -0.3 is 4.74 Å². The molecule has 0 aliphatic rings. The van der Waals surface area contributed by atoms with Crippen LogP contribution in [-0.2, 0) is 0 Å². The van der Waals surface area contributed by atoms with Gasteiger partial charge in [-0.3, -0.25) is 9.78 Å². The number of halogens is 3. The number of ether oxygens (including phenoxy) is 1. The Morgan fingerprint density at radius 2 is 2.05 bits per heavy atom. The predicted octanol–water partition coefficient (Wildman–Crippen LogP) is 3.68. The van der Waals surface area contributed by atoms with E-state index in [9.17, 15) is 13.6 Å². The van der Waals surface area contributed by atoms with Gasteiger partial charge in [0.1, 0.15) is 11.4 Å². The Morgan fingerprint density at radius 1 is 1.26 bits per heavy atom. The Morgan fingerprint density at radius 3 is 2.68 bits per heavy atom. The predicted molar refractivity (Wildman–Crippen MR) is 68.4 cm³/mol. The molecule has 2 rings (SSSR count). The van der Waals surface area contributed by atoms with Crippen molar-refractivity contribution in [1.82, 2.24) is 4.98 Å². The van der Waals surface area contributed by atoms with E-state index < -0.39 is 12.4 Å². The molecule has 0 fully saturated rings. The second-order valence-electron chi connectivity index (χ2n) is 3.56. The van der Waals surface area contributed by atoms with Crippen molar-refractivity contribution in [3.05, 3.63) is 58.3 Å². The van der Waals surface area contributed by atoms with Crippen molar-refractivity contribution in [2.75, 3.05) is 0 Å². The van der Waals surface area contributed by atoms with Gasteiger partial charge in [0.25, 0.3) is 0 Å². The number of alkyl halides is 2. The van der Waals surface area contributed by atoms with Gasteiger partial charge in [0.15, 0.2) is 0 Å². The number of pyridine rings is 1. The SMILES string of the molecule is O=C(c1ccccn1)c1ccc(Br)cc1OC(F)F. The van der Waals surface area contributed by atoms with E-state index in [-0.39, 0.29) is 17.0 Å². The Kier molecular flexibility index (Phi) is 4.21. The van der Waals surface area contributed by atoms with Gasteiger partial charge in [0.05, 0.1) is 5.56 Å². The highest BCUT2D eigenvalue weighted by atomic mass is 79.9. The zero-order valence-electron chi connectivity index (χ0n) is 9.52. The van der Waals surface area contributed by atoms with Crippen LogP contribution >= 0.6 is 15.9 Å². The van der Waals surface area contributed by atoms with E-state index in [4.69, 9.17) is 0 Å². The fraction of sp³-hybridized carbons (Fsp3) is 0.0769. The molecule has 0 aliphatic heterocycles. The average Bonchev–Trinajstić information content (AvgIpc) is 2.38. The summed E-state index contributed by atoms with van der Waals surface area (Å²) in [7, 11) is 0. The first kappa shape index (κ1) is 13.6. The van der Waals surface area contributed by atoms with E-state index in [0.717, 1.165) is 0 Å². The van der Waals surface area contributed by atoms with Gasteiger partial charge in [-0.2, -0.15) is 8.78 Å². The Hall–Kier alpha value is -1.82. The maximum absolute atomic E-state index is 12.3. The fourth-order valence-corrected chi connectivity index (χ4v) is 1.85. The quantitative estimate of drug-likeness (QED) is 0.804. The molecule has 0 aliphatic carbocycles. The third-order valence-electron chi connectivity index (χ3n) is 2.30. The van der Waals surface area contributed by atoms with Crippen molar-refractivity contribution in [2.24, 2.45) is 0 Å². The van der Waals surface area contributed by atoms with Crippen molar-refractivity contribution in [2.45, 2.75) is 6.61 Å². The molecule has 0 N–H and O–H groups in total. The normalized spacial score (nSPS) is 10.5. The van der Waals surface area contributed by atoms with E-state index in [1.807, 2.05) is 0 Å². The molecule has 1 aromatic carbocycles. The number of carbonyl (C=O) groups is 1. The topological polar surface area (TPSA) is 39.2 Å². The summed E-state index contributed by atoms with van der Waals surface area (Å²) in [5, 5.41) is 0. The van der Waals surface area contributed by atoms with E-state index in [1.165, 1.54) is 24.4 Å². The fourth-order valence-electron chi connectivity index (χ4n) is 1.51. The lowest BCUT2D eigenvalue weighted by Crippen LogP contribution is -2.10. The minimum atomic E-state index is -3.00. The Bertz CT molecular complexity index is 590. The highest BCUT2D eigenvalue weighted by Crippen LogP contribution is 2.27. The summed E-state index contributed by atoms with van der Waals surface area (Å²) >= 11 is 3.14. The lowest BCUT2D eigenvalue weighted by molar-refractivity contribution is -0.0501. The molecule has 0 unspecified atom stereocenters. The zero-order valence-corrected chi connectivity index (χ0v) is 11.1. The van der Waals surface area contributed by atoms with Crippen LogP contribution < -0.4 is 4.74 Å². The molecule has 19 heavy (non-hydrogen) atoms. The first-order valence-electron chi connectivity index (χ1n) is 5.28. The van der Waals surface area contributed by atoms with E-state index in [0.29, 0.717) is 4.47 Å². The molecule has 98 valence electrons. The third kappa shape index (κ3) is 3.35. The summed E-state index contributed by atoms with van der Waals surface area (Å²) in [6, 6.07) is 9.13. The van der Waals surface area contributed by atoms with E-state index in [2.05, 4.69) is 25.7 Å². The number of aromatic nitrogens is 1. The molecule has 0 atom stereocenters. The molecular formula is C13H8BrF2NO2. The third-order valence-corrected chi connectivity index (χ3v) is 2.80. The van der Waals surface area contributed by atoms with Gasteiger partial charge in [-0.15, -0.1) is 0 Å². The van der Waals surface area contributed by atoms with Crippen molar-refractivity contribution < 1.29 is 18.3 Å². The lowest BCUT2D eigenvalue weighted by atomic mass is 10.1. The second-order valence-corrected chi connectivity index (χ2v) is 4.48. The second kappa shape index (κ2) is 5.88. The standard InChI is InChI=1S/C13H8BrF2NO2/c14-8-4-5-9(11(7-8)19-13(15)16)12(18)10-3-1-2-6-17-10/h1-7,13H. The number of rotatable bonds is 4. The van der Waals surface area contributed by atoms with Gasteiger partial charge in [-0.05, 0) is 30.3 Å². The number of nitrogens with zero attached hydrogens (tertiary/aromatic N) is 1. The summed E-state index contributed by atoms with van der Waals surface area (Å²) in [6.07, 6.45) is 1.46. The minimum Gasteiger partial charge on any atom is -0.434 e. The number of ketones is 1. The van der Waals surface area contributed by atoms with Gasteiger partial charge in [-0.1, -0.05) is 22.0 Å². The average molecular weight is 328 g/mol. The first-order valence-corrected chi connectivity index (χ1v) is 6.07. The molecule has 0 radical (unpaired) electrons. The largest absolute Gasteiger partial charge is 0.434 e. The molecular weight excluding hydrogens is 320 g/mol. The minimum absolute atomic E-state index is 0.0437. The lowest BCUT2D eigenvalue weighted by Gasteiger charge is -2.10. The Balaban J connectivity index is 2.41. The van der Waals surface area contributed by atoms with Gasteiger partial charge in [-0.25, -0.2) is 0 Å². The number of hydrogen-bond donors (Lipinski definition) is 0. The van der Waals surface area contributed by atoms with Crippen LogP contribution in [0.3, 0.4) is 0 Å². The van der Waals surface area contributed by atoms with Crippen LogP contribution in [0.1, 0.15) is 16.1 Å². The molecule has 2 aromatic rings. The van der Waals surface area contributed by atoms with Crippen molar-refractivity contribution in [3.8, 4) is 5.75 Å². The van der Waals surface area contributed by atoms with Crippen molar-refractivity contribution >= 4 is 21.7 Å². The van der Waals surface area contributed by atoms with Gasteiger partial charge in [0, 0.05) is 10.7 Å². The summed E-state index contributed by atoms with van der Waals surface area (Å²) < 4.78 is 29.6. The molecule has 1 aromatic heterocycles. The van der Waals surface area contributed by atoms with E-state index >= 15 is 0 Å². The van der Waals surface area contributed by atoms with Crippen molar-refractivity contribution in [1.29, 1.82) is 0 Å². The maximum Gasteiger partial charge on any atom is 0.387 e. The molecule has 0 spiro atoms. The molecule has 0 amide bonds. The number of benzene rings is 1. The summed E-state index contributed by atoms with van der Waals surface area (Å²) in [5.74, 6) is -0.649. The first-order chi connectivity index (χ1) is 9.08. The van der Waals surface area contributed by atoms with Crippen LogP contribution in [0.25, 0.3) is 0 Å². The molecule has 1 heterocycles. The molecule has 0 bridgehead atoms. The van der Waals surface area contributed by atoms with Crippen LogP contribution in [0.5, 0.6) is 5.75 Å². The summed E-state index contributed by atoms with van der Waals surface area (Å²) in [4.78, 5) is 16.1. The van der Waals surface area contributed by atoms with Crippen LogP contribution in [0, 0.1) is 0 Å². The van der Waals surface area contributed by atoms with Gasteiger partial charge >= 0.3 is 6.61 Å². The zero-order chi connectivity index (χ0) is 13.8. The maximum atomic E-state index is 12.3. The number of hydrogen-bond acceptors (Lipinski definition) is 3. The highest BCUT2D eigenvalue weighted by Gasteiger charge is 2.18. The molecule has 3 nitrogen and oxygen atoms in total.